The van der Waals surface area contributed by atoms with Gasteiger partial charge in [-0.15, -0.1) is 11.3 Å². The number of nitrogens with two attached hydrogens (primary N) is 1. The highest BCUT2D eigenvalue weighted by Crippen LogP contribution is 2.31. The summed E-state index contributed by atoms with van der Waals surface area (Å²) < 4.78 is 6.26. The van der Waals surface area contributed by atoms with E-state index in [2.05, 4.69) is 58.7 Å². The van der Waals surface area contributed by atoms with Crippen LogP contribution in [0.15, 0.2) is 29.6 Å². The van der Waals surface area contributed by atoms with E-state index in [0.717, 1.165) is 61.3 Å². The van der Waals surface area contributed by atoms with Crippen LogP contribution in [0.3, 0.4) is 0 Å². The van der Waals surface area contributed by atoms with Crippen molar-refractivity contribution in [2.45, 2.75) is 138 Å². The Hall–Kier alpha value is -2.45. The van der Waals surface area contributed by atoms with Crippen molar-refractivity contribution in [2.24, 2.45) is 11.3 Å². The summed E-state index contributed by atoms with van der Waals surface area (Å²) in [5.74, 6) is 0.339. The van der Waals surface area contributed by atoms with Gasteiger partial charge in [0.05, 0.1) is 0 Å². The second kappa shape index (κ2) is 19.2. The van der Waals surface area contributed by atoms with Gasteiger partial charge in [-0.1, -0.05) is 86.3 Å². The summed E-state index contributed by atoms with van der Waals surface area (Å²) in [6.45, 7) is 18.6. The molecule has 1 heterocycles. The van der Waals surface area contributed by atoms with Crippen molar-refractivity contribution in [1.82, 2.24) is 15.2 Å². The Labute approximate surface area is 271 Å². The highest BCUT2D eigenvalue weighted by atomic mass is 32.1. The molecule has 0 radical (unpaired) electrons. The number of nitrogens with one attached hydrogen (secondary N) is 1. The molecule has 0 fully saturated rings. The van der Waals surface area contributed by atoms with E-state index >= 15 is 0 Å². The first kappa shape index (κ1) is 37.7. The molecule has 1 aromatic carbocycles. The Balaban J connectivity index is 2.24. The molecule has 3 atom stereocenters. The fourth-order valence-electron chi connectivity index (χ4n) is 5.73. The lowest BCUT2D eigenvalue weighted by molar-refractivity contribution is -0.135. The Kier molecular flexibility index (Phi) is 16.4. The number of hydrogen-bond acceptors (Lipinski definition) is 6. The van der Waals surface area contributed by atoms with Gasteiger partial charge >= 0.3 is 0 Å². The van der Waals surface area contributed by atoms with Gasteiger partial charge in [0.2, 0.25) is 5.91 Å². The Morgan fingerprint density at radius 2 is 1.70 bits per heavy atom. The molecule has 0 saturated heterocycles. The maximum atomic E-state index is 13.5. The Morgan fingerprint density at radius 3 is 2.30 bits per heavy atom. The standard InChI is InChI=1S/C36H60N4O3S/c1-9-12-14-15-21-40(33(41)16-13-10-2)31(26(4)5)23-32(43-11-3)35-39-30(25-44-35)34(42)38-29(24-36(6,7)8)22-27-17-19-28(37)20-18-27/h17-20,25-26,29,31-32H,9-16,21-24,37H2,1-8H3,(H,38,42)/t29-,31?,32+/m0/s1. The lowest BCUT2D eigenvalue weighted by Gasteiger charge is -2.36. The monoisotopic (exact) mass is 628 g/mol. The summed E-state index contributed by atoms with van der Waals surface area (Å²) in [4.78, 5) is 33.9. The maximum absolute atomic E-state index is 13.5. The molecule has 0 aliphatic carbocycles. The first-order valence-corrected chi connectivity index (χ1v) is 17.8. The van der Waals surface area contributed by atoms with Gasteiger partial charge in [0.15, 0.2) is 0 Å². The highest BCUT2D eigenvalue weighted by molar-refractivity contribution is 7.09. The molecule has 0 aliphatic heterocycles. The van der Waals surface area contributed by atoms with Crippen LogP contribution >= 0.6 is 11.3 Å². The van der Waals surface area contributed by atoms with Crippen molar-refractivity contribution < 1.29 is 14.3 Å². The zero-order valence-corrected chi connectivity index (χ0v) is 29.6. The van der Waals surface area contributed by atoms with Crippen LogP contribution in [-0.2, 0) is 16.0 Å². The van der Waals surface area contributed by atoms with Crippen LogP contribution in [0.25, 0.3) is 0 Å². The van der Waals surface area contributed by atoms with Gasteiger partial charge in [0, 0.05) is 49.1 Å². The van der Waals surface area contributed by atoms with Gasteiger partial charge in [-0.05, 0) is 61.6 Å². The Morgan fingerprint density at radius 1 is 1.02 bits per heavy atom. The summed E-state index contributed by atoms with van der Waals surface area (Å²) in [6.07, 6.45) is 8.93. The summed E-state index contributed by atoms with van der Waals surface area (Å²) in [7, 11) is 0. The molecule has 0 spiro atoms. The third-order valence-corrected chi connectivity index (χ3v) is 8.93. The molecular formula is C36H60N4O3S. The number of nitrogen functional groups attached to an aromatic ring is 1. The average molecular weight is 629 g/mol. The summed E-state index contributed by atoms with van der Waals surface area (Å²) in [6, 6.07) is 7.85. The van der Waals surface area contributed by atoms with E-state index in [9.17, 15) is 9.59 Å². The van der Waals surface area contributed by atoms with Gasteiger partial charge in [-0.2, -0.15) is 0 Å². The fourth-order valence-corrected chi connectivity index (χ4v) is 6.59. The first-order chi connectivity index (χ1) is 20.9. The fraction of sp³-hybridized carbons (Fsp3) is 0.694. The van der Waals surface area contributed by atoms with Crippen LogP contribution in [0.2, 0.25) is 0 Å². The molecule has 2 amide bonds. The molecule has 8 heteroatoms. The van der Waals surface area contributed by atoms with Crippen molar-refractivity contribution in [3.8, 4) is 0 Å². The van der Waals surface area contributed by atoms with Crippen molar-refractivity contribution in [1.29, 1.82) is 0 Å². The highest BCUT2D eigenvalue weighted by Gasteiger charge is 2.31. The number of nitrogens with zero attached hydrogens (tertiary/aromatic N) is 2. The molecular weight excluding hydrogens is 568 g/mol. The third kappa shape index (κ3) is 13.3. The van der Waals surface area contributed by atoms with Crippen LogP contribution in [-0.4, -0.2) is 46.9 Å². The Bertz CT molecular complexity index is 1110. The average Bonchev–Trinajstić information content (AvgIpc) is 3.45. The molecule has 1 unspecified atom stereocenters. The van der Waals surface area contributed by atoms with E-state index in [1.165, 1.54) is 24.2 Å². The molecule has 2 rings (SSSR count). The van der Waals surface area contributed by atoms with Crippen LogP contribution in [0, 0.1) is 11.3 Å². The van der Waals surface area contributed by atoms with Gasteiger partial charge in [0.25, 0.3) is 5.91 Å². The second-order valence-corrected chi connectivity index (χ2v) is 14.6. The number of carbonyl (C=O) groups excluding carboxylic acids is 2. The van der Waals surface area contributed by atoms with Gasteiger partial charge in [0.1, 0.15) is 16.8 Å². The lowest BCUT2D eigenvalue weighted by Crippen LogP contribution is -2.45. The van der Waals surface area contributed by atoms with Gasteiger partial charge in [-0.25, -0.2) is 4.98 Å². The van der Waals surface area contributed by atoms with Gasteiger partial charge in [-0.3, -0.25) is 9.59 Å². The third-order valence-electron chi connectivity index (χ3n) is 8.00. The van der Waals surface area contributed by atoms with Crippen molar-refractivity contribution >= 4 is 28.8 Å². The minimum Gasteiger partial charge on any atom is -0.399 e. The number of amides is 2. The molecule has 248 valence electrons. The van der Waals surface area contributed by atoms with Crippen LogP contribution in [0.4, 0.5) is 5.69 Å². The van der Waals surface area contributed by atoms with E-state index < -0.39 is 0 Å². The topological polar surface area (TPSA) is 97.5 Å². The molecule has 0 bridgehead atoms. The summed E-state index contributed by atoms with van der Waals surface area (Å²) >= 11 is 1.47. The zero-order valence-electron chi connectivity index (χ0n) is 28.8. The lowest BCUT2D eigenvalue weighted by atomic mass is 9.85. The van der Waals surface area contributed by atoms with E-state index in [0.29, 0.717) is 25.1 Å². The minimum atomic E-state index is -0.281. The molecule has 1 aromatic heterocycles. The number of carbonyl (C=O) groups is 2. The van der Waals surface area contributed by atoms with Crippen LogP contribution in [0.5, 0.6) is 0 Å². The quantitative estimate of drug-likeness (QED) is 0.113. The van der Waals surface area contributed by atoms with E-state index in [1.54, 1.807) is 0 Å². The van der Waals surface area contributed by atoms with E-state index in [4.69, 9.17) is 15.5 Å². The number of hydrogen-bond donors (Lipinski definition) is 2. The number of rotatable bonds is 20. The zero-order chi connectivity index (χ0) is 32.7. The smallest absolute Gasteiger partial charge is 0.270 e. The number of aromatic nitrogens is 1. The summed E-state index contributed by atoms with van der Waals surface area (Å²) in [5.41, 5.74) is 8.22. The van der Waals surface area contributed by atoms with Gasteiger partial charge < -0.3 is 20.7 Å². The van der Waals surface area contributed by atoms with Crippen LogP contribution in [0.1, 0.15) is 140 Å². The van der Waals surface area contributed by atoms with E-state index in [1.807, 2.05) is 36.6 Å². The first-order valence-electron chi connectivity index (χ1n) is 16.9. The molecule has 3 N–H and O–H groups in total. The number of ether oxygens (including phenoxy) is 1. The molecule has 2 aromatic rings. The molecule has 44 heavy (non-hydrogen) atoms. The van der Waals surface area contributed by atoms with Crippen LogP contribution < -0.4 is 11.1 Å². The van der Waals surface area contributed by atoms with Crippen molar-refractivity contribution in [3.05, 3.63) is 45.9 Å². The molecule has 0 saturated carbocycles. The minimum absolute atomic E-state index is 0.0368. The largest absolute Gasteiger partial charge is 0.399 e. The van der Waals surface area contributed by atoms with E-state index in [-0.39, 0.29) is 41.3 Å². The number of anilines is 1. The SMILES string of the molecule is CCCCCCN(C(=O)CCCC)C(C[C@@H](OCC)c1nc(C(=O)N[C@@H](Cc2ccc(N)cc2)CC(C)(C)C)cs1)C(C)C. The van der Waals surface area contributed by atoms with Crippen molar-refractivity contribution in [3.63, 3.8) is 0 Å². The maximum Gasteiger partial charge on any atom is 0.270 e. The number of unbranched alkanes of at least 4 members (excludes halogenated alkanes) is 4. The molecule has 0 aliphatic rings. The predicted octanol–water partition coefficient (Wildman–Crippen LogP) is 8.59. The number of benzene rings is 1. The predicted molar refractivity (Wildman–Crippen MR) is 185 cm³/mol. The molecule has 7 nitrogen and oxygen atoms in total. The second-order valence-electron chi connectivity index (χ2n) is 13.7. The van der Waals surface area contributed by atoms with Crippen molar-refractivity contribution in [2.75, 3.05) is 18.9 Å². The summed E-state index contributed by atoms with van der Waals surface area (Å²) in [5, 5.41) is 5.90. The number of thiazole rings is 1. The normalized spacial score (nSPS) is 13.9.